The van der Waals surface area contributed by atoms with E-state index in [1.807, 2.05) is 24.3 Å². The summed E-state index contributed by atoms with van der Waals surface area (Å²) in [6, 6.07) is 7.56. The van der Waals surface area contributed by atoms with Crippen LogP contribution in [0.2, 0.25) is 0 Å². The van der Waals surface area contributed by atoms with Crippen molar-refractivity contribution in [1.82, 2.24) is 19.8 Å². The minimum atomic E-state index is 0.507. The lowest BCUT2D eigenvalue weighted by molar-refractivity contribution is 0.940. The third-order valence-corrected chi connectivity index (χ3v) is 3.38. The average molecular weight is 249 g/mol. The highest BCUT2D eigenvalue weighted by molar-refractivity contribution is 7.71. The van der Waals surface area contributed by atoms with Crippen LogP contribution in [0.3, 0.4) is 0 Å². The smallest absolute Gasteiger partial charge is 0.233 e. The van der Waals surface area contributed by atoms with Gasteiger partial charge in [-0.05, 0) is 36.5 Å². The largest absolute Gasteiger partial charge is 0.399 e. The number of benzene rings is 1. The summed E-state index contributed by atoms with van der Waals surface area (Å²) in [5.41, 5.74) is 7.38. The van der Waals surface area contributed by atoms with Crippen molar-refractivity contribution in [3.63, 3.8) is 0 Å². The Morgan fingerprint density at radius 2 is 2.06 bits per heavy atom. The molecule has 1 aromatic carbocycles. The Morgan fingerprint density at radius 3 is 2.75 bits per heavy atom. The predicted octanol–water partition coefficient (Wildman–Crippen LogP) is 2.10. The van der Waals surface area contributed by atoms with Crippen molar-refractivity contribution >= 4 is 34.2 Å². The molecule has 80 valence electrons. The summed E-state index contributed by atoms with van der Waals surface area (Å²) < 4.78 is 2.12. The van der Waals surface area contributed by atoms with Crippen molar-refractivity contribution in [3.8, 4) is 10.6 Å². The first kappa shape index (κ1) is 9.49. The van der Waals surface area contributed by atoms with Crippen LogP contribution in [0.5, 0.6) is 0 Å². The number of anilines is 1. The third kappa shape index (κ3) is 1.41. The lowest BCUT2D eigenvalue weighted by atomic mass is 10.2. The fourth-order valence-electron chi connectivity index (χ4n) is 1.37. The number of nitrogens with two attached hydrogens (primary N) is 1. The number of nitrogen functional groups attached to an aromatic ring is 1. The van der Waals surface area contributed by atoms with Gasteiger partial charge in [0.2, 0.25) is 9.73 Å². The second kappa shape index (κ2) is 3.39. The molecular weight excluding hydrogens is 242 g/mol. The van der Waals surface area contributed by atoms with Crippen LogP contribution >= 0.6 is 23.6 Å². The number of fused-ring (bicyclic) bond motifs is 1. The second-order valence-electron chi connectivity index (χ2n) is 3.25. The number of aromatic nitrogens is 4. The highest BCUT2D eigenvalue weighted by Crippen LogP contribution is 2.25. The molecule has 0 aliphatic carbocycles. The normalized spacial score (nSPS) is 11.0. The molecule has 7 heteroatoms. The Bertz CT molecular complexity index is 691. The first-order valence-corrected chi connectivity index (χ1v) is 5.77. The lowest BCUT2D eigenvalue weighted by Gasteiger charge is -1.95. The summed E-state index contributed by atoms with van der Waals surface area (Å²) in [6.45, 7) is 0. The topological polar surface area (TPSA) is 72.0 Å². The Morgan fingerprint density at radius 1 is 1.31 bits per heavy atom. The number of nitrogens with one attached hydrogen (secondary N) is 1. The van der Waals surface area contributed by atoms with E-state index in [9.17, 15) is 0 Å². The highest BCUT2D eigenvalue weighted by atomic mass is 32.1. The maximum atomic E-state index is 5.63. The van der Waals surface area contributed by atoms with Gasteiger partial charge < -0.3 is 5.73 Å². The van der Waals surface area contributed by atoms with Crippen molar-refractivity contribution in [2.24, 2.45) is 0 Å². The van der Waals surface area contributed by atoms with E-state index in [1.165, 1.54) is 11.3 Å². The molecule has 3 N–H and O–H groups in total. The standard InChI is InChI=1S/C9H7N5S2/c10-6-3-1-5(2-4-6)7-13-14-8(15)11-12-9(14)16-7/h1-4H,10H2,(H,11,15). The monoisotopic (exact) mass is 249 g/mol. The average Bonchev–Trinajstić information content (AvgIpc) is 2.83. The van der Waals surface area contributed by atoms with Crippen LogP contribution in [0, 0.1) is 4.77 Å². The van der Waals surface area contributed by atoms with Crippen LogP contribution in [-0.4, -0.2) is 19.8 Å². The molecule has 0 radical (unpaired) electrons. The minimum Gasteiger partial charge on any atom is -0.399 e. The number of nitrogens with zero attached hydrogens (tertiary/aromatic N) is 3. The van der Waals surface area contributed by atoms with E-state index in [0.29, 0.717) is 4.77 Å². The summed E-state index contributed by atoms with van der Waals surface area (Å²) in [5, 5.41) is 12.0. The summed E-state index contributed by atoms with van der Waals surface area (Å²) >= 11 is 6.52. The Kier molecular flexibility index (Phi) is 2.01. The van der Waals surface area contributed by atoms with Gasteiger partial charge in [-0.3, -0.25) is 0 Å². The zero-order chi connectivity index (χ0) is 11.1. The minimum absolute atomic E-state index is 0.507. The van der Waals surface area contributed by atoms with Crippen LogP contribution in [-0.2, 0) is 0 Å². The SMILES string of the molecule is Nc1ccc(-c2nn3c(=S)[nH]nc3s2)cc1. The van der Waals surface area contributed by atoms with E-state index in [0.717, 1.165) is 21.2 Å². The Labute approximate surface area is 99.5 Å². The Balaban J connectivity index is 2.18. The van der Waals surface area contributed by atoms with Gasteiger partial charge in [0.05, 0.1) is 0 Å². The van der Waals surface area contributed by atoms with Crippen molar-refractivity contribution in [2.45, 2.75) is 0 Å². The van der Waals surface area contributed by atoms with Gasteiger partial charge in [-0.2, -0.15) is 9.61 Å². The van der Waals surface area contributed by atoms with Crippen LogP contribution in [0.25, 0.3) is 15.5 Å². The van der Waals surface area contributed by atoms with Gasteiger partial charge in [0.25, 0.3) is 0 Å². The molecule has 2 heterocycles. The molecule has 0 atom stereocenters. The highest BCUT2D eigenvalue weighted by Gasteiger charge is 2.07. The molecule has 0 unspecified atom stereocenters. The van der Waals surface area contributed by atoms with E-state index in [1.54, 1.807) is 4.52 Å². The van der Waals surface area contributed by atoms with Gasteiger partial charge in [0.15, 0.2) is 0 Å². The number of aromatic amines is 1. The van der Waals surface area contributed by atoms with Gasteiger partial charge in [-0.25, -0.2) is 5.10 Å². The van der Waals surface area contributed by atoms with E-state index in [-0.39, 0.29) is 0 Å². The lowest BCUT2D eigenvalue weighted by Crippen LogP contribution is -1.86. The van der Waals surface area contributed by atoms with Crippen molar-refractivity contribution in [1.29, 1.82) is 0 Å². The van der Waals surface area contributed by atoms with E-state index in [2.05, 4.69) is 15.3 Å². The maximum Gasteiger partial charge on any atom is 0.233 e. The second-order valence-corrected chi connectivity index (χ2v) is 4.60. The van der Waals surface area contributed by atoms with Gasteiger partial charge in [0, 0.05) is 11.3 Å². The summed E-state index contributed by atoms with van der Waals surface area (Å²) in [7, 11) is 0. The van der Waals surface area contributed by atoms with E-state index >= 15 is 0 Å². The fraction of sp³-hybridized carbons (Fsp3) is 0. The first-order chi connectivity index (χ1) is 7.74. The Hall–Kier alpha value is -1.73. The molecule has 3 aromatic rings. The molecule has 0 aliphatic heterocycles. The molecule has 0 bridgehead atoms. The number of H-pyrrole nitrogens is 1. The summed E-state index contributed by atoms with van der Waals surface area (Å²) in [5.74, 6) is 0. The molecule has 3 rings (SSSR count). The molecule has 0 saturated heterocycles. The molecule has 0 spiro atoms. The predicted molar refractivity (Wildman–Crippen MR) is 65.9 cm³/mol. The number of hydrogen-bond acceptors (Lipinski definition) is 5. The summed E-state index contributed by atoms with van der Waals surface area (Å²) in [6.07, 6.45) is 0. The van der Waals surface area contributed by atoms with Crippen molar-refractivity contribution in [2.75, 3.05) is 5.73 Å². The molecule has 0 fully saturated rings. The molecule has 0 amide bonds. The van der Waals surface area contributed by atoms with Gasteiger partial charge in [0.1, 0.15) is 5.01 Å². The zero-order valence-corrected chi connectivity index (χ0v) is 9.68. The third-order valence-electron chi connectivity index (χ3n) is 2.16. The first-order valence-electron chi connectivity index (χ1n) is 4.54. The molecule has 5 nitrogen and oxygen atoms in total. The molecule has 0 saturated carbocycles. The molecule has 2 aromatic heterocycles. The van der Waals surface area contributed by atoms with E-state index in [4.69, 9.17) is 18.0 Å². The zero-order valence-electron chi connectivity index (χ0n) is 8.04. The maximum absolute atomic E-state index is 5.63. The van der Waals surface area contributed by atoms with Crippen LogP contribution < -0.4 is 5.73 Å². The van der Waals surface area contributed by atoms with Crippen LogP contribution in [0.1, 0.15) is 0 Å². The van der Waals surface area contributed by atoms with Crippen LogP contribution in [0.15, 0.2) is 24.3 Å². The molecular formula is C9H7N5S2. The van der Waals surface area contributed by atoms with Gasteiger partial charge in [-0.15, -0.1) is 5.10 Å². The van der Waals surface area contributed by atoms with E-state index < -0.39 is 0 Å². The van der Waals surface area contributed by atoms with Crippen molar-refractivity contribution in [3.05, 3.63) is 29.0 Å². The van der Waals surface area contributed by atoms with Crippen LogP contribution in [0.4, 0.5) is 5.69 Å². The summed E-state index contributed by atoms with van der Waals surface area (Å²) in [4.78, 5) is 0.761. The number of rotatable bonds is 1. The quantitative estimate of drug-likeness (QED) is 0.511. The van der Waals surface area contributed by atoms with Crippen molar-refractivity contribution < 1.29 is 0 Å². The number of hydrogen-bond donors (Lipinski definition) is 2. The molecule has 0 aliphatic rings. The fourth-order valence-corrected chi connectivity index (χ4v) is 2.46. The van der Waals surface area contributed by atoms with Gasteiger partial charge in [-0.1, -0.05) is 11.3 Å². The molecule has 16 heavy (non-hydrogen) atoms. The van der Waals surface area contributed by atoms with Gasteiger partial charge >= 0.3 is 0 Å².